The molecule has 7 heteroatoms. The van der Waals surface area contributed by atoms with Crippen LogP contribution in [0.15, 0.2) is 21.8 Å². The average molecular weight is 313 g/mol. The Bertz CT molecular complexity index is 659. The van der Waals surface area contributed by atoms with Crippen LogP contribution >= 0.6 is 0 Å². The van der Waals surface area contributed by atoms with Gasteiger partial charge in [-0.3, -0.25) is 4.79 Å². The van der Waals surface area contributed by atoms with Gasteiger partial charge in [-0.1, -0.05) is 0 Å². The van der Waals surface area contributed by atoms with Crippen molar-refractivity contribution < 1.29 is 22.7 Å². The van der Waals surface area contributed by atoms with Crippen LogP contribution < -0.4 is 0 Å². The molecular weight excluding hydrogens is 294 g/mol. The number of hydrogen-bond donors (Lipinski definition) is 1. The van der Waals surface area contributed by atoms with Crippen molar-refractivity contribution in [1.29, 1.82) is 0 Å². The van der Waals surface area contributed by atoms with Gasteiger partial charge in [-0.15, -0.1) is 0 Å². The molecule has 1 saturated heterocycles. The lowest BCUT2D eigenvalue weighted by Gasteiger charge is -2.53. The normalized spacial score (nSPS) is 25.7. The zero-order valence-corrected chi connectivity index (χ0v) is 12.7. The Kier molecular flexibility index (Phi) is 3.37. The molecule has 3 rings (SSSR count). The van der Waals surface area contributed by atoms with Crippen molar-refractivity contribution >= 4 is 16.0 Å². The highest BCUT2D eigenvalue weighted by Crippen LogP contribution is 2.48. The Balaban J connectivity index is 1.93. The number of furan rings is 1. The first-order chi connectivity index (χ1) is 9.85. The molecule has 1 aromatic heterocycles. The topological polar surface area (TPSA) is 87.8 Å². The van der Waals surface area contributed by atoms with E-state index in [0.717, 1.165) is 24.8 Å². The highest BCUT2D eigenvalue weighted by atomic mass is 32.2. The molecule has 1 saturated carbocycles. The Morgan fingerprint density at radius 1 is 1.48 bits per heavy atom. The summed E-state index contributed by atoms with van der Waals surface area (Å²) in [5.74, 6) is -1.28. The number of piperidine rings is 1. The van der Waals surface area contributed by atoms with Crippen molar-refractivity contribution in [2.45, 2.75) is 49.7 Å². The van der Waals surface area contributed by atoms with E-state index in [4.69, 9.17) is 4.42 Å². The minimum Gasteiger partial charge on any atom is -0.481 e. The van der Waals surface area contributed by atoms with E-state index in [9.17, 15) is 18.3 Å². The van der Waals surface area contributed by atoms with Gasteiger partial charge < -0.3 is 9.52 Å². The lowest BCUT2D eigenvalue weighted by Crippen LogP contribution is -2.60. The number of carboxylic acids is 1. The molecule has 1 aliphatic carbocycles. The quantitative estimate of drug-likeness (QED) is 0.922. The molecule has 1 atom stereocenters. The van der Waals surface area contributed by atoms with Gasteiger partial charge in [0.15, 0.2) is 0 Å². The summed E-state index contributed by atoms with van der Waals surface area (Å²) in [6.45, 7) is 2.03. The van der Waals surface area contributed by atoms with E-state index in [2.05, 4.69) is 0 Å². The summed E-state index contributed by atoms with van der Waals surface area (Å²) in [5.41, 5.74) is 0.234. The predicted molar refractivity (Wildman–Crippen MR) is 74.3 cm³/mol. The Labute approximate surface area is 123 Å². The second-order valence-corrected chi connectivity index (χ2v) is 7.92. The first-order valence-corrected chi connectivity index (χ1v) is 8.60. The van der Waals surface area contributed by atoms with Crippen molar-refractivity contribution in [3.8, 4) is 0 Å². The van der Waals surface area contributed by atoms with E-state index in [-0.39, 0.29) is 11.6 Å². The van der Waals surface area contributed by atoms with Crippen LogP contribution in [0.4, 0.5) is 0 Å². The Morgan fingerprint density at radius 3 is 2.67 bits per heavy atom. The zero-order chi connectivity index (χ0) is 15.3. The van der Waals surface area contributed by atoms with E-state index < -0.39 is 27.4 Å². The van der Waals surface area contributed by atoms with Crippen molar-refractivity contribution in [1.82, 2.24) is 4.31 Å². The molecule has 0 bridgehead atoms. The van der Waals surface area contributed by atoms with Crippen LogP contribution in [0.25, 0.3) is 0 Å². The second-order valence-electron chi connectivity index (χ2n) is 6.13. The number of hydrogen-bond acceptors (Lipinski definition) is 4. The maximum atomic E-state index is 12.8. The first-order valence-electron chi connectivity index (χ1n) is 7.16. The lowest BCUT2D eigenvalue weighted by atomic mass is 9.68. The number of sulfonamides is 1. The lowest BCUT2D eigenvalue weighted by molar-refractivity contribution is -0.146. The number of nitrogens with zero attached hydrogens (tertiary/aromatic N) is 1. The summed E-state index contributed by atoms with van der Waals surface area (Å²) in [4.78, 5) is 11.2. The zero-order valence-electron chi connectivity index (χ0n) is 11.9. The number of carboxylic acid groups (broad SMARTS) is 1. The maximum absolute atomic E-state index is 12.8. The molecule has 1 aliphatic heterocycles. The summed E-state index contributed by atoms with van der Waals surface area (Å²) >= 11 is 0. The molecule has 2 fully saturated rings. The number of aliphatic carboxylic acids is 1. The number of rotatable bonds is 3. The van der Waals surface area contributed by atoms with Crippen LogP contribution in [0.2, 0.25) is 0 Å². The third-order valence-electron chi connectivity index (χ3n) is 4.72. The van der Waals surface area contributed by atoms with E-state index in [1.54, 1.807) is 6.92 Å². The molecule has 1 aromatic rings. The molecule has 2 aliphatic rings. The van der Waals surface area contributed by atoms with Gasteiger partial charge in [-0.2, -0.15) is 4.31 Å². The molecule has 0 radical (unpaired) electrons. The molecule has 21 heavy (non-hydrogen) atoms. The van der Waals surface area contributed by atoms with Crippen LogP contribution in [-0.2, 0) is 14.8 Å². The van der Waals surface area contributed by atoms with Gasteiger partial charge in [0.2, 0.25) is 5.09 Å². The van der Waals surface area contributed by atoms with Gasteiger partial charge >= 0.3 is 5.97 Å². The van der Waals surface area contributed by atoms with Gasteiger partial charge in [0.05, 0.1) is 12.2 Å². The standard InChI is InChI=1S/C14H19NO5S/c1-10-7-12(20-9-10)21(18,19)15-6-3-11(13(16)17)8-14(15)4-2-5-14/h7,9,11H,2-6,8H2,1H3,(H,16,17). The summed E-state index contributed by atoms with van der Waals surface area (Å²) in [7, 11) is -3.69. The fraction of sp³-hybridized carbons (Fsp3) is 0.643. The Hall–Kier alpha value is -1.34. The third-order valence-corrected chi connectivity index (χ3v) is 6.59. The van der Waals surface area contributed by atoms with Gasteiger partial charge in [0.1, 0.15) is 0 Å². The van der Waals surface area contributed by atoms with Crippen LogP contribution in [-0.4, -0.2) is 35.9 Å². The molecule has 0 amide bonds. The van der Waals surface area contributed by atoms with Gasteiger partial charge in [0, 0.05) is 18.2 Å². The molecule has 1 N–H and O–H groups in total. The summed E-state index contributed by atoms with van der Waals surface area (Å²) in [6.07, 6.45) is 4.59. The van der Waals surface area contributed by atoms with Crippen LogP contribution in [0, 0.1) is 12.8 Å². The predicted octanol–water partition coefficient (Wildman–Crippen LogP) is 2.00. The maximum Gasteiger partial charge on any atom is 0.306 e. The molecule has 1 spiro atoms. The van der Waals surface area contributed by atoms with E-state index in [1.807, 2.05) is 0 Å². The molecule has 116 valence electrons. The third kappa shape index (κ3) is 2.28. The smallest absolute Gasteiger partial charge is 0.306 e. The van der Waals surface area contributed by atoms with Crippen LogP contribution in [0.3, 0.4) is 0 Å². The van der Waals surface area contributed by atoms with E-state index >= 15 is 0 Å². The molecule has 2 heterocycles. The number of carbonyl (C=O) groups is 1. The monoisotopic (exact) mass is 313 g/mol. The van der Waals surface area contributed by atoms with Gasteiger partial charge in [0.25, 0.3) is 10.0 Å². The average Bonchev–Trinajstić information content (AvgIpc) is 2.83. The Morgan fingerprint density at radius 2 is 2.19 bits per heavy atom. The highest BCUT2D eigenvalue weighted by molar-refractivity contribution is 7.89. The van der Waals surface area contributed by atoms with Crippen molar-refractivity contribution in [2.75, 3.05) is 6.54 Å². The van der Waals surface area contributed by atoms with E-state index in [0.29, 0.717) is 12.8 Å². The van der Waals surface area contributed by atoms with Crippen molar-refractivity contribution in [2.24, 2.45) is 5.92 Å². The van der Waals surface area contributed by atoms with Crippen LogP contribution in [0.1, 0.15) is 37.7 Å². The highest BCUT2D eigenvalue weighted by Gasteiger charge is 2.53. The summed E-state index contributed by atoms with van der Waals surface area (Å²) in [6, 6.07) is 1.52. The molecule has 0 aromatic carbocycles. The minimum atomic E-state index is -3.69. The van der Waals surface area contributed by atoms with E-state index in [1.165, 1.54) is 16.6 Å². The second kappa shape index (κ2) is 4.84. The van der Waals surface area contributed by atoms with Gasteiger partial charge in [-0.05, 0) is 44.6 Å². The molecule has 1 unspecified atom stereocenters. The summed E-state index contributed by atoms with van der Waals surface area (Å²) < 4.78 is 32.2. The fourth-order valence-corrected chi connectivity index (χ4v) is 5.28. The fourth-order valence-electron chi connectivity index (χ4n) is 3.45. The van der Waals surface area contributed by atoms with Gasteiger partial charge in [-0.25, -0.2) is 8.42 Å². The number of aryl methyl sites for hydroxylation is 1. The first kappa shape index (κ1) is 14.6. The minimum absolute atomic E-state index is 0.0416. The largest absolute Gasteiger partial charge is 0.481 e. The summed E-state index contributed by atoms with van der Waals surface area (Å²) in [5, 5.41) is 9.17. The van der Waals surface area contributed by atoms with Crippen LogP contribution in [0.5, 0.6) is 0 Å². The molecule has 6 nitrogen and oxygen atoms in total. The SMILES string of the molecule is Cc1coc(S(=O)(=O)N2CCC(C(=O)O)CC23CCC3)c1. The van der Waals surface area contributed by atoms with Crippen molar-refractivity contribution in [3.63, 3.8) is 0 Å². The van der Waals surface area contributed by atoms with Crippen molar-refractivity contribution in [3.05, 3.63) is 17.9 Å². The molecular formula is C14H19NO5S.